The van der Waals surface area contributed by atoms with E-state index in [0.717, 1.165) is 89.4 Å². The van der Waals surface area contributed by atoms with Crippen molar-refractivity contribution in [3.63, 3.8) is 0 Å². The highest BCUT2D eigenvalue weighted by molar-refractivity contribution is 6.36. The smallest absolute Gasteiger partial charge is 0.245 e. The van der Waals surface area contributed by atoms with E-state index in [1.165, 1.54) is 6.08 Å². The number of fused-ring (bicyclic) bond motifs is 1. The number of aromatic nitrogens is 4. The molecule has 6 rings (SSSR count). The first-order valence-corrected chi connectivity index (χ1v) is 14.9. The van der Waals surface area contributed by atoms with Crippen LogP contribution >= 0.6 is 11.6 Å². The molecule has 10 heteroatoms. The largest absolute Gasteiger partial charge is 0.349 e. The molecule has 3 aromatic rings. The molecule has 3 fully saturated rings. The van der Waals surface area contributed by atoms with Gasteiger partial charge >= 0.3 is 0 Å². The van der Waals surface area contributed by atoms with Crippen molar-refractivity contribution in [2.75, 3.05) is 31.6 Å². The molecule has 0 radical (unpaired) electrons. The van der Waals surface area contributed by atoms with Crippen LogP contribution in [0, 0.1) is 19.3 Å². The Kier molecular flexibility index (Phi) is 6.52. The highest BCUT2D eigenvalue weighted by Crippen LogP contribution is 2.56. The summed E-state index contributed by atoms with van der Waals surface area (Å²) in [6.45, 7) is 16.3. The van der Waals surface area contributed by atoms with E-state index < -0.39 is 0 Å². The van der Waals surface area contributed by atoms with Crippen molar-refractivity contribution < 1.29 is 9.59 Å². The van der Waals surface area contributed by atoms with Crippen LogP contribution in [0.2, 0.25) is 5.02 Å². The molecule has 2 saturated heterocycles. The lowest BCUT2D eigenvalue weighted by Gasteiger charge is -2.58. The number of aromatic amines is 1. The van der Waals surface area contributed by atoms with E-state index in [4.69, 9.17) is 16.7 Å². The molecule has 2 amide bonds. The second-order valence-electron chi connectivity index (χ2n) is 13.1. The maximum atomic E-state index is 12.2. The molecule has 1 atom stereocenters. The van der Waals surface area contributed by atoms with Crippen LogP contribution in [0.15, 0.2) is 24.9 Å². The van der Waals surface area contributed by atoms with Gasteiger partial charge in [0.15, 0.2) is 5.82 Å². The lowest BCUT2D eigenvalue weighted by Crippen LogP contribution is -2.63. The van der Waals surface area contributed by atoms with E-state index in [1.807, 2.05) is 36.0 Å². The SMILES string of the molecule is C=CC(=O)N1CC2(CC(n3nc(N4CC[C@@H](N(C)C(C)=O)CC4(C)C)c(-c4c(Cl)c(C)cc5[nH]ncc45)c3C)C2)C1. The van der Waals surface area contributed by atoms with Gasteiger partial charge in [-0.05, 0) is 71.1 Å². The molecule has 1 spiro atoms. The van der Waals surface area contributed by atoms with Gasteiger partial charge in [-0.2, -0.15) is 10.2 Å². The average Bonchev–Trinajstić information content (AvgIpc) is 3.46. The van der Waals surface area contributed by atoms with Crippen molar-refractivity contribution in [3.8, 4) is 11.1 Å². The van der Waals surface area contributed by atoms with E-state index >= 15 is 0 Å². The molecule has 1 N–H and O–H groups in total. The predicted molar refractivity (Wildman–Crippen MR) is 162 cm³/mol. The quantitative estimate of drug-likeness (QED) is 0.417. The highest BCUT2D eigenvalue weighted by Gasteiger charge is 2.54. The summed E-state index contributed by atoms with van der Waals surface area (Å²) in [5.74, 6) is 1.04. The van der Waals surface area contributed by atoms with Crippen molar-refractivity contribution >= 4 is 40.1 Å². The molecule has 3 aliphatic rings. The van der Waals surface area contributed by atoms with Crippen LogP contribution in [0.5, 0.6) is 0 Å². The second kappa shape index (κ2) is 9.61. The number of piperidine rings is 1. The molecule has 1 aromatic carbocycles. The molecule has 0 bridgehead atoms. The van der Waals surface area contributed by atoms with Gasteiger partial charge in [0.05, 0.1) is 22.8 Å². The number of halogens is 1. The number of carbonyl (C=O) groups is 2. The van der Waals surface area contributed by atoms with Crippen LogP contribution in [-0.4, -0.2) is 79.9 Å². The summed E-state index contributed by atoms with van der Waals surface area (Å²) in [6, 6.07) is 2.49. The minimum atomic E-state index is -0.237. The van der Waals surface area contributed by atoms with Gasteiger partial charge in [0.2, 0.25) is 11.8 Å². The lowest BCUT2D eigenvalue weighted by atomic mass is 9.60. The minimum Gasteiger partial charge on any atom is -0.349 e. The third-order valence-corrected chi connectivity index (χ3v) is 10.4. The summed E-state index contributed by atoms with van der Waals surface area (Å²) in [7, 11) is 1.90. The first-order valence-electron chi connectivity index (χ1n) is 14.5. The van der Waals surface area contributed by atoms with Crippen molar-refractivity contribution in [1.82, 2.24) is 29.8 Å². The van der Waals surface area contributed by atoms with Gasteiger partial charge < -0.3 is 14.7 Å². The summed E-state index contributed by atoms with van der Waals surface area (Å²) < 4.78 is 2.21. The highest BCUT2D eigenvalue weighted by atomic mass is 35.5. The maximum absolute atomic E-state index is 12.2. The molecular weight excluding hydrogens is 538 g/mol. The fourth-order valence-electron chi connectivity index (χ4n) is 7.55. The average molecular weight is 578 g/mol. The van der Waals surface area contributed by atoms with E-state index in [0.29, 0.717) is 0 Å². The Bertz CT molecular complexity index is 1560. The number of H-pyrrole nitrogens is 1. The zero-order chi connectivity index (χ0) is 29.4. The standard InChI is InChI=1S/C31H40ClN7O2/c1-8-25(41)37-16-31(17-37)13-22(14-31)39-19(3)26(27-23-15-33-34-24(23)11-18(2)28(27)32)29(35-39)38-10-9-21(12-30(38,5)6)36(7)20(4)40/h8,11,15,21-22H,1,9-10,12-14,16-17H2,2-7H3,(H,33,34)/t21-/m1/s1. The number of carbonyl (C=O) groups excluding carboxylic acids is 2. The number of hydrogen-bond acceptors (Lipinski definition) is 5. The van der Waals surface area contributed by atoms with Crippen molar-refractivity contribution in [2.45, 2.75) is 77.9 Å². The van der Waals surface area contributed by atoms with Crippen LogP contribution in [-0.2, 0) is 9.59 Å². The summed E-state index contributed by atoms with van der Waals surface area (Å²) >= 11 is 7.10. The Morgan fingerprint density at radius 1 is 1.20 bits per heavy atom. The molecule has 9 nitrogen and oxygen atoms in total. The van der Waals surface area contributed by atoms with Gasteiger partial charge in [-0.25, -0.2) is 0 Å². The van der Waals surface area contributed by atoms with Crippen molar-refractivity contribution in [2.24, 2.45) is 5.41 Å². The van der Waals surface area contributed by atoms with Crippen LogP contribution in [0.3, 0.4) is 0 Å². The number of nitrogens with zero attached hydrogens (tertiary/aromatic N) is 6. The third kappa shape index (κ3) is 4.35. The Morgan fingerprint density at radius 2 is 1.90 bits per heavy atom. The van der Waals surface area contributed by atoms with Crippen LogP contribution < -0.4 is 4.90 Å². The number of likely N-dealkylation sites (tertiary alicyclic amines) is 1. The fraction of sp³-hybridized carbons (Fsp3) is 0.548. The first-order chi connectivity index (χ1) is 19.4. The maximum Gasteiger partial charge on any atom is 0.245 e. The molecular formula is C31H40ClN7O2. The van der Waals surface area contributed by atoms with Crippen molar-refractivity contribution in [3.05, 3.63) is 41.2 Å². The zero-order valence-electron chi connectivity index (χ0n) is 24.9. The van der Waals surface area contributed by atoms with E-state index in [9.17, 15) is 9.59 Å². The van der Waals surface area contributed by atoms with Gasteiger partial charge in [-0.1, -0.05) is 18.2 Å². The predicted octanol–water partition coefficient (Wildman–Crippen LogP) is 5.27. The van der Waals surface area contributed by atoms with Gasteiger partial charge in [0.1, 0.15) is 0 Å². The Balaban J connectivity index is 1.41. The summed E-state index contributed by atoms with van der Waals surface area (Å²) in [4.78, 5) is 30.4. The number of benzene rings is 1. The number of anilines is 1. The summed E-state index contributed by atoms with van der Waals surface area (Å²) in [6.07, 6.45) is 6.96. The Morgan fingerprint density at radius 3 is 2.54 bits per heavy atom. The Labute approximate surface area is 246 Å². The Hall–Kier alpha value is -3.33. The number of amides is 2. The molecule has 2 aliphatic heterocycles. The number of hydrogen-bond donors (Lipinski definition) is 1. The van der Waals surface area contributed by atoms with Gasteiger partial charge in [0, 0.05) is 72.8 Å². The molecule has 1 aliphatic carbocycles. The summed E-state index contributed by atoms with van der Waals surface area (Å²) in [5.41, 5.74) is 4.98. The normalized spacial score (nSPS) is 21.6. The number of rotatable bonds is 5. The third-order valence-electron chi connectivity index (χ3n) is 9.92. The molecule has 0 unspecified atom stereocenters. The fourth-order valence-corrected chi connectivity index (χ4v) is 7.81. The van der Waals surface area contributed by atoms with Crippen molar-refractivity contribution in [1.29, 1.82) is 0 Å². The number of aryl methyl sites for hydroxylation is 1. The molecule has 1 saturated carbocycles. The van der Waals surface area contributed by atoms with Gasteiger partial charge in [0.25, 0.3) is 0 Å². The van der Waals surface area contributed by atoms with E-state index in [-0.39, 0.29) is 34.9 Å². The second-order valence-corrected chi connectivity index (χ2v) is 13.5. The molecule has 2 aromatic heterocycles. The monoisotopic (exact) mass is 577 g/mol. The molecule has 218 valence electrons. The van der Waals surface area contributed by atoms with E-state index in [1.54, 1.807) is 6.92 Å². The summed E-state index contributed by atoms with van der Waals surface area (Å²) in [5, 5.41) is 14.5. The first kappa shape index (κ1) is 27.8. The molecule has 41 heavy (non-hydrogen) atoms. The van der Waals surface area contributed by atoms with Crippen LogP contribution in [0.1, 0.15) is 63.8 Å². The molecule has 4 heterocycles. The van der Waals surface area contributed by atoms with E-state index in [2.05, 4.69) is 47.1 Å². The van der Waals surface area contributed by atoms with Crippen LogP contribution in [0.4, 0.5) is 5.82 Å². The van der Waals surface area contributed by atoms with Gasteiger partial charge in [-0.15, -0.1) is 0 Å². The topological polar surface area (TPSA) is 90.4 Å². The van der Waals surface area contributed by atoms with Gasteiger partial charge in [-0.3, -0.25) is 19.4 Å². The zero-order valence-corrected chi connectivity index (χ0v) is 25.7. The minimum absolute atomic E-state index is 0.0122. The van der Waals surface area contributed by atoms with Crippen LogP contribution in [0.25, 0.3) is 22.0 Å². The number of nitrogens with one attached hydrogen (secondary N) is 1. The lowest BCUT2D eigenvalue weighted by molar-refractivity contribution is -0.149.